The van der Waals surface area contributed by atoms with E-state index in [4.69, 9.17) is 9.05 Å². The number of carbonyl (C=O) groups excluding carboxylic acids is 1. The molecule has 1 amide bonds. The topological polar surface area (TPSA) is 108 Å². The Morgan fingerprint density at radius 1 is 0.680 bits per heavy atom. The van der Waals surface area contributed by atoms with Gasteiger partial charge in [-0.15, -0.1) is 0 Å². The SMILES string of the molecule is CCCC/C=C\CCCCCCC(=O)NC(COP(=O)([O-])OCC[N+](C)(C)C)C(O)/C=C/CC/C=C/CCCCCCCCCCCCCC. The number of rotatable bonds is 36. The molecule has 0 aromatic rings. The van der Waals surface area contributed by atoms with Crippen LogP contribution >= 0.6 is 7.82 Å². The third-order valence-corrected chi connectivity index (χ3v) is 9.79. The summed E-state index contributed by atoms with van der Waals surface area (Å²) in [5, 5.41) is 13.7. The van der Waals surface area contributed by atoms with Gasteiger partial charge in [0.15, 0.2) is 0 Å². The number of unbranched alkanes of at least 4 members (excludes halogenated alkanes) is 19. The second-order valence-corrected chi connectivity index (χ2v) is 16.4. The Hall–Kier alpha value is -1.28. The van der Waals surface area contributed by atoms with Crippen LogP contribution in [-0.2, 0) is 18.4 Å². The number of allylic oxidation sites excluding steroid dienone is 5. The Kier molecular flexibility index (Phi) is 32.7. The number of hydrogen-bond acceptors (Lipinski definition) is 6. The zero-order valence-corrected chi connectivity index (χ0v) is 34.0. The Balaban J connectivity index is 4.52. The van der Waals surface area contributed by atoms with Crippen molar-refractivity contribution in [2.45, 2.75) is 180 Å². The Morgan fingerprint density at radius 2 is 1.14 bits per heavy atom. The summed E-state index contributed by atoms with van der Waals surface area (Å²) in [5.74, 6) is -0.224. The highest BCUT2D eigenvalue weighted by atomic mass is 31.2. The normalized spacial score (nSPS) is 14.9. The first-order valence-corrected chi connectivity index (χ1v) is 21.8. The number of aliphatic hydroxyl groups excluding tert-OH is 1. The third kappa shape index (κ3) is 35.1. The van der Waals surface area contributed by atoms with Crippen LogP contribution in [0.2, 0.25) is 0 Å². The van der Waals surface area contributed by atoms with Crippen molar-refractivity contribution in [3.05, 3.63) is 36.5 Å². The predicted octanol–water partition coefficient (Wildman–Crippen LogP) is 10.1. The largest absolute Gasteiger partial charge is 0.756 e. The van der Waals surface area contributed by atoms with Crippen LogP contribution in [0, 0.1) is 0 Å². The fourth-order valence-electron chi connectivity index (χ4n) is 5.50. The molecule has 0 rings (SSSR count). The van der Waals surface area contributed by atoms with E-state index < -0.39 is 26.6 Å². The zero-order valence-electron chi connectivity index (χ0n) is 33.1. The van der Waals surface area contributed by atoms with Crippen LogP contribution in [0.5, 0.6) is 0 Å². The van der Waals surface area contributed by atoms with Gasteiger partial charge in [-0.3, -0.25) is 9.36 Å². The smallest absolute Gasteiger partial charge is 0.268 e. The first-order chi connectivity index (χ1) is 24.0. The van der Waals surface area contributed by atoms with Gasteiger partial charge in [0.25, 0.3) is 7.82 Å². The van der Waals surface area contributed by atoms with Crippen LogP contribution in [-0.4, -0.2) is 68.5 Å². The van der Waals surface area contributed by atoms with Gasteiger partial charge in [0.1, 0.15) is 13.2 Å². The van der Waals surface area contributed by atoms with Crippen molar-refractivity contribution in [2.24, 2.45) is 0 Å². The van der Waals surface area contributed by atoms with E-state index in [0.29, 0.717) is 17.4 Å². The maximum absolute atomic E-state index is 12.7. The quantitative estimate of drug-likeness (QED) is 0.0288. The van der Waals surface area contributed by atoms with Gasteiger partial charge in [-0.2, -0.15) is 0 Å². The van der Waals surface area contributed by atoms with Gasteiger partial charge >= 0.3 is 0 Å². The van der Waals surface area contributed by atoms with Crippen LogP contribution < -0.4 is 10.2 Å². The molecule has 8 nitrogen and oxygen atoms in total. The molecule has 0 aliphatic carbocycles. The molecule has 9 heteroatoms. The second-order valence-electron chi connectivity index (χ2n) is 15.0. The first kappa shape index (κ1) is 48.7. The predicted molar refractivity (Wildman–Crippen MR) is 210 cm³/mol. The van der Waals surface area contributed by atoms with E-state index in [1.807, 2.05) is 27.2 Å². The van der Waals surface area contributed by atoms with Gasteiger partial charge in [0.05, 0.1) is 39.9 Å². The van der Waals surface area contributed by atoms with E-state index in [-0.39, 0.29) is 12.5 Å². The van der Waals surface area contributed by atoms with E-state index >= 15 is 0 Å². The Bertz CT molecular complexity index is 917. The highest BCUT2D eigenvalue weighted by molar-refractivity contribution is 7.45. The number of phosphoric ester groups is 1. The first-order valence-electron chi connectivity index (χ1n) is 20.4. The summed E-state index contributed by atoms with van der Waals surface area (Å²) in [5.41, 5.74) is 0. The van der Waals surface area contributed by atoms with Gasteiger partial charge in [0.2, 0.25) is 5.91 Å². The van der Waals surface area contributed by atoms with Crippen molar-refractivity contribution in [3.8, 4) is 0 Å². The van der Waals surface area contributed by atoms with Gasteiger partial charge in [-0.05, 0) is 51.4 Å². The lowest BCUT2D eigenvalue weighted by atomic mass is 10.0. The molecule has 50 heavy (non-hydrogen) atoms. The van der Waals surface area contributed by atoms with Crippen molar-refractivity contribution in [1.29, 1.82) is 0 Å². The number of likely N-dealkylation sites (N-methyl/N-ethyl adjacent to an activating group) is 1. The lowest BCUT2D eigenvalue weighted by Gasteiger charge is -2.29. The summed E-state index contributed by atoms with van der Waals surface area (Å²) in [6.45, 7) is 4.55. The lowest BCUT2D eigenvalue weighted by Crippen LogP contribution is -2.45. The van der Waals surface area contributed by atoms with Crippen LogP contribution in [0.25, 0.3) is 0 Å². The Labute approximate surface area is 308 Å². The van der Waals surface area contributed by atoms with Gasteiger partial charge in [-0.25, -0.2) is 0 Å². The molecule has 0 saturated carbocycles. The lowest BCUT2D eigenvalue weighted by molar-refractivity contribution is -0.870. The molecule has 3 unspecified atom stereocenters. The van der Waals surface area contributed by atoms with E-state index in [1.54, 1.807) is 6.08 Å². The molecule has 0 aromatic carbocycles. The van der Waals surface area contributed by atoms with Crippen molar-refractivity contribution in [3.63, 3.8) is 0 Å². The molecule has 0 radical (unpaired) electrons. The number of nitrogens with one attached hydrogen (secondary N) is 1. The number of quaternary nitrogens is 1. The molecule has 2 N–H and O–H groups in total. The molecule has 0 fully saturated rings. The summed E-state index contributed by atoms with van der Waals surface area (Å²) < 4.78 is 23.1. The van der Waals surface area contributed by atoms with E-state index in [0.717, 1.165) is 57.8 Å². The van der Waals surface area contributed by atoms with Gasteiger partial charge in [0, 0.05) is 6.42 Å². The van der Waals surface area contributed by atoms with E-state index in [2.05, 4.69) is 43.5 Å². The Morgan fingerprint density at radius 3 is 1.68 bits per heavy atom. The molecular formula is C41H79N2O6P. The molecule has 0 saturated heterocycles. The monoisotopic (exact) mass is 727 g/mol. The molecule has 0 spiro atoms. The highest BCUT2D eigenvalue weighted by Crippen LogP contribution is 2.38. The summed E-state index contributed by atoms with van der Waals surface area (Å²) in [4.78, 5) is 25.1. The second kappa shape index (κ2) is 33.5. The van der Waals surface area contributed by atoms with E-state index in [9.17, 15) is 19.4 Å². The summed E-state index contributed by atoms with van der Waals surface area (Å²) in [6.07, 6.45) is 39.1. The molecule has 3 atom stereocenters. The maximum Gasteiger partial charge on any atom is 0.268 e. The minimum atomic E-state index is -4.59. The fraction of sp³-hybridized carbons (Fsp3) is 0.829. The number of hydrogen-bond donors (Lipinski definition) is 2. The van der Waals surface area contributed by atoms with Crippen molar-refractivity contribution < 1.29 is 32.9 Å². The summed E-state index contributed by atoms with van der Waals surface area (Å²) >= 11 is 0. The number of phosphoric acid groups is 1. The third-order valence-electron chi connectivity index (χ3n) is 8.82. The van der Waals surface area contributed by atoms with Crippen molar-refractivity contribution >= 4 is 13.7 Å². The molecule has 0 heterocycles. The van der Waals surface area contributed by atoms with Crippen LogP contribution in [0.1, 0.15) is 168 Å². The van der Waals surface area contributed by atoms with Crippen molar-refractivity contribution in [1.82, 2.24) is 5.32 Å². The number of carbonyl (C=O) groups is 1. The maximum atomic E-state index is 12.7. The van der Waals surface area contributed by atoms with Gasteiger partial charge < -0.3 is 28.8 Å². The average Bonchev–Trinajstić information content (AvgIpc) is 3.06. The number of aliphatic hydroxyl groups is 1. The summed E-state index contributed by atoms with van der Waals surface area (Å²) in [6, 6.07) is -0.905. The minimum Gasteiger partial charge on any atom is -0.756 e. The molecule has 294 valence electrons. The molecule has 0 aromatic heterocycles. The molecular weight excluding hydrogens is 647 g/mol. The van der Waals surface area contributed by atoms with Crippen LogP contribution in [0.4, 0.5) is 0 Å². The molecule has 0 aliphatic rings. The number of amides is 1. The summed E-state index contributed by atoms with van der Waals surface area (Å²) in [7, 11) is 1.23. The van der Waals surface area contributed by atoms with E-state index in [1.165, 1.54) is 89.9 Å². The zero-order chi connectivity index (χ0) is 37.2. The average molecular weight is 727 g/mol. The standard InChI is InChI=1S/C41H79N2O6P/c1-6-8-10-12-14-16-18-19-20-21-22-23-24-25-26-28-30-32-34-40(44)39(38-49-50(46,47)48-37-36-43(3,4)5)42-41(45)35-33-31-29-27-17-15-13-11-9-7-2/h13,15,25-26,32,34,39-40,44H,6-12,14,16-24,27-31,33,35-38H2,1-5H3,(H-,42,45,46,47)/b15-13-,26-25+,34-32+. The number of nitrogens with zero attached hydrogens (tertiary/aromatic N) is 1. The van der Waals surface area contributed by atoms with Gasteiger partial charge in [-0.1, -0.05) is 147 Å². The van der Waals surface area contributed by atoms with Crippen LogP contribution in [0.3, 0.4) is 0 Å². The van der Waals surface area contributed by atoms with Crippen molar-refractivity contribution in [2.75, 3.05) is 40.9 Å². The highest BCUT2D eigenvalue weighted by Gasteiger charge is 2.23. The van der Waals surface area contributed by atoms with Crippen LogP contribution in [0.15, 0.2) is 36.5 Å². The minimum absolute atomic E-state index is 0.00881. The fourth-order valence-corrected chi connectivity index (χ4v) is 6.22. The molecule has 0 aliphatic heterocycles. The molecule has 0 bridgehead atoms.